The van der Waals surface area contributed by atoms with Crippen molar-refractivity contribution in [3.63, 3.8) is 0 Å². The van der Waals surface area contributed by atoms with Crippen molar-refractivity contribution < 1.29 is 9.50 Å². The number of hydrogen-bond acceptors (Lipinski definition) is 2. The lowest BCUT2D eigenvalue weighted by Gasteiger charge is -2.17. The van der Waals surface area contributed by atoms with E-state index in [9.17, 15) is 9.50 Å². The lowest BCUT2D eigenvalue weighted by atomic mass is 9.98. The Hall–Kier alpha value is -1.58. The molecular formula is C16H17ClFNO. The molecule has 0 bridgehead atoms. The van der Waals surface area contributed by atoms with Gasteiger partial charge in [-0.1, -0.05) is 35.9 Å². The zero-order valence-corrected chi connectivity index (χ0v) is 12.0. The van der Waals surface area contributed by atoms with Gasteiger partial charge in [-0.15, -0.1) is 0 Å². The SMILES string of the molecule is CNC(Cc1cccc(O)c1)Cc1cccc(Cl)c1F. The van der Waals surface area contributed by atoms with Gasteiger partial charge < -0.3 is 10.4 Å². The molecule has 2 aromatic rings. The minimum Gasteiger partial charge on any atom is -0.508 e. The fourth-order valence-electron chi connectivity index (χ4n) is 2.22. The predicted molar refractivity (Wildman–Crippen MR) is 79.8 cm³/mol. The highest BCUT2D eigenvalue weighted by atomic mass is 35.5. The Labute approximate surface area is 123 Å². The second-order valence-electron chi connectivity index (χ2n) is 4.78. The largest absolute Gasteiger partial charge is 0.508 e. The molecule has 0 fully saturated rings. The van der Waals surface area contributed by atoms with Crippen molar-refractivity contribution in [3.8, 4) is 5.75 Å². The Morgan fingerprint density at radius 1 is 1.20 bits per heavy atom. The maximum atomic E-state index is 13.9. The third-order valence-corrected chi connectivity index (χ3v) is 3.59. The van der Waals surface area contributed by atoms with Crippen LogP contribution in [0, 0.1) is 5.82 Å². The Morgan fingerprint density at radius 2 is 1.95 bits per heavy atom. The van der Waals surface area contributed by atoms with Crippen LogP contribution in [0.1, 0.15) is 11.1 Å². The van der Waals surface area contributed by atoms with Gasteiger partial charge in [-0.3, -0.25) is 0 Å². The van der Waals surface area contributed by atoms with Gasteiger partial charge in [0.2, 0.25) is 0 Å². The van der Waals surface area contributed by atoms with Crippen molar-refractivity contribution in [2.24, 2.45) is 0 Å². The number of halogens is 2. The highest BCUT2D eigenvalue weighted by Gasteiger charge is 2.13. The first-order valence-electron chi connectivity index (χ1n) is 6.48. The summed E-state index contributed by atoms with van der Waals surface area (Å²) in [6.07, 6.45) is 1.25. The molecular weight excluding hydrogens is 277 g/mol. The molecule has 2 nitrogen and oxygen atoms in total. The van der Waals surface area contributed by atoms with E-state index < -0.39 is 0 Å². The number of benzene rings is 2. The van der Waals surface area contributed by atoms with Crippen LogP contribution in [0.5, 0.6) is 5.75 Å². The predicted octanol–water partition coefficient (Wildman–Crippen LogP) is 3.56. The van der Waals surface area contributed by atoms with Crippen LogP contribution in [-0.2, 0) is 12.8 Å². The van der Waals surface area contributed by atoms with E-state index in [1.165, 1.54) is 0 Å². The van der Waals surface area contributed by atoms with Crippen LogP contribution in [0.4, 0.5) is 4.39 Å². The third kappa shape index (κ3) is 3.71. The Balaban J connectivity index is 2.11. The van der Waals surface area contributed by atoms with Crippen LogP contribution in [0.2, 0.25) is 5.02 Å². The van der Waals surface area contributed by atoms with Gasteiger partial charge in [0.15, 0.2) is 0 Å². The molecule has 0 saturated carbocycles. The van der Waals surface area contributed by atoms with Crippen LogP contribution in [0.15, 0.2) is 42.5 Å². The Kier molecular flexibility index (Phi) is 4.99. The Bertz CT molecular complexity index is 588. The van der Waals surface area contributed by atoms with Crippen LogP contribution in [-0.4, -0.2) is 18.2 Å². The first-order valence-corrected chi connectivity index (χ1v) is 6.86. The van der Waals surface area contributed by atoms with Crippen molar-refractivity contribution in [2.45, 2.75) is 18.9 Å². The first kappa shape index (κ1) is 14.8. The number of hydrogen-bond donors (Lipinski definition) is 2. The molecule has 0 saturated heterocycles. The number of rotatable bonds is 5. The maximum absolute atomic E-state index is 13.9. The summed E-state index contributed by atoms with van der Waals surface area (Å²) >= 11 is 5.79. The summed E-state index contributed by atoms with van der Waals surface area (Å²) in [5, 5.41) is 12.8. The fourth-order valence-corrected chi connectivity index (χ4v) is 2.41. The number of phenolic OH excluding ortho intramolecular Hbond substituents is 1. The number of aromatic hydroxyl groups is 1. The molecule has 2 rings (SSSR count). The van der Waals surface area contributed by atoms with Crippen molar-refractivity contribution in [1.29, 1.82) is 0 Å². The van der Waals surface area contributed by atoms with Gasteiger partial charge in [0.1, 0.15) is 11.6 Å². The maximum Gasteiger partial charge on any atom is 0.145 e. The van der Waals surface area contributed by atoms with Gasteiger partial charge in [0.05, 0.1) is 5.02 Å². The second kappa shape index (κ2) is 6.73. The summed E-state index contributed by atoms with van der Waals surface area (Å²) < 4.78 is 13.9. The van der Waals surface area contributed by atoms with Crippen molar-refractivity contribution in [1.82, 2.24) is 5.32 Å². The quantitative estimate of drug-likeness (QED) is 0.883. The monoisotopic (exact) mass is 293 g/mol. The van der Waals surface area contributed by atoms with E-state index >= 15 is 0 Å². The minimum absolute atomic E-state index is 0.0739. The van der Waals surface area contributed by atoms with Gasteiger partial charge in [0, 0.05) is 6.04 Å². The summed E-state index contributed by atoms with van der Waals surface area (Å²) in [4.78, 5) is 0. The van der Waals surface area contributed by atoms with E-state index in [2.05, 4.69) is 5.32 Å². The van der Waals surface area contributed by atoms with Crippen molar-refractivity contribution >= 4 is 11.6 Å². The molecule has 0 aliphatic carbocycles. The lowest BCUT2D eigenvalue weighted by Crippen LogP contribution is -2.30. The summed E-state index contributed by atoms with van der Waals surface area (Å²) in [7, 11) is 1.84. The molecule has 0 aromatic heterocycles. The van der Waals surface area contributed by atoms with Crippen molar-refractivity contribution in [2.75, 3.05) is 7.05 Å². The summed E-state index contributed by atoms with van der Waals surface area (Å²) in [5.74, 6) is -0.114. The van der Waals surface area contributed by atoms with Crippen molar-refractivity contribution in [3.05, 3.63) is 64.4 Å². The highest BCUT2D eigenvalue weighted by Crippen LogP contribution is 2.20. The minimum atomic E-state index is -0.356. The molecule has 0 amide bonds. The van der Waals surface area contributed by atoms with Gasteiger partial charge in [0.25, 0.3) is 0 Å². The van der Waals surface area contributed by atoms with Crippen LogP contribution >= 0.6 is 11.6 Å². The Morgan fingerprint density at radius 3 is 2.65 bits per heavy atom. The molecule has 1 unspecified atom stereocenters. The molecule has 0 aliphatic heterocycles. The van der Waals surface area contributed by atoms with E-state index in [0.29, 0.717) is 18.4 Å². The van der Waals surface area contributed by atoms with Crippen LogP contribution < -0.4 is 5.32 Å². The number of likely N-dealkylation sites (N-methyl/N-ethyl adjacent to an activating group) is 1. The molecule has 0 spiro atoms. The van der Waals surface area contributed by atoms with Gasteiger partial charge in [-0.25, -0.2) is 4.39 Å². The van der Waals surface area contributed by atoms with Gasteiger partial charge in [-0.05, 0) is 49.2 Å². The normalized spacial score (nSPS) is 12.3. The average molecular weight is 294 g/mol. The van der Waals surface area contributed by atoms with Gasteiger partial charge in [-0.2, -0.15) is 0 Å². The fraction of sp³-hybridized carbons (Fsp3) is 0.250. The van der Waals surface area contributed by atoms with E-state index in [1.807, 2.05) is 13.1 Å². The zero-order chi connectivity index (χ0) is 14.5. The number of phenols is 1. The molecule has 106 valence electrons. The zero-order valence-electron chi connectivity index (χ0n) is 11.2. The lowest BCUT2D eigenvalue weighted by molar-refractivity contribution is 0.473. The molecule has 0 radical (unpaired) electrons. The highest BCUT2D eigenvalue weighted by molar-refractivity contribution is 6.30. The summed E-state index contributed by atoms with van der Waals surface area (Å²) in [6, 6.07) is 12.2. The molecule has 0 aliphatic rings. The first-order chi connectivity index (χ1) is 9.60. The third-order valence-electron chi connectivity index (χ3n) is 3.30. The standard InChI is InChI=1S/C16H17ClFNO/c1-19-13(8-11-4-2-6-14(20)9-11)10-12-5-3-7-15(17)16(12)18/h2-7,9,13,19-20H,8,10H2,1H3. The van der Waals surface area contributed by atoms with Crippen LogP contribution in [0.3, 0.4) is 0 Å². The van der Waals surface area contributed by atoms with E-state index in [1.54, 1.807) is 36.4 Å². The molecule has 1 atom stereocenters. The molecule has 2 N–H and O–H groups in total. The molecule has 2 aromatic carbocycles. The second-order valence-corrected chi connectivity index (χ2v) is 5.18. The molecule has 0 heterocycles. The van der Waals surface area contributed by atoms with Crippen LogP contribution in [0.25, 0.3) is 0 Å². The number of nitrogens with one attached hydrogen (secondary N) is 1. The molecule has 4 heteroatoms. The topological polar surface area (TPSA) is 32.3 Å². The summed E-state index contributed by atoms with van der Waals surface area (Å²) in [5.41, 5.74) is 1.60. The summed E-state index contributed by atoms with van der Waals surface area (Å²) in [6.45, 7) is 0. The smallest absolute Gasteiger partial charge is 0.145 e. The van der Waals surface area contributed by atoms with Gasteiger partial charge >= 0.3 is 0 Å². The van der Waals surface area contributed by atoms with E-state index in [4.69, 9.17) is 11.6 Å². The van der Waals surface area contributed by atoms with E-state index in [-0.39, 0.29) is 22.6 Å². The average Bonchev–Trinajstić information content (AvgIpc) is 2.43. The molecule has 20 heavy (non-hydrogen) atoms. The van der Waals surface area contributed by atoms with E-state index in [0.717, 1.165) is 5.56 Å².